The molecule has 2 amide bonds. The Hall–Kier alpha value is -3.48. The zero-order chi connectivity index (χ0) is 20.2. The van der Waals surface area contributed by atoms with Crippen molar-refractivity contribution in [3.8, 4) is 5.75 Å². The molecule has 0 unspecified atom stereocenters. The first kappa shape index (κ1) is 18.9. The Kier molecular flexibility index (Phi) is 5.37. The molecular formula is C22H24N4O3. The summed E-state index contributed by atoms with van der Waals surface area (Å²) in [6.07, 6.45) is 1.88. The third-order valence-corrected chi connectivity index (χ3v) is 5.19. The largest absolute Gasteiger partial charge is 0.497 e. The second-order valence-electron chi connectivity index (χ2n) is 6.98. The van der Waals surface area contributed by atoms with Crippen LogP contribution in [0.25, 0.3) is 0 Å². The molecule has 0 aliphatic carbocycles. The monoisotopic (exact) mass is 392 g/mol. The molecule has 2 aromatic carbocycles. The van der Waals surface area contributed by atoms with Crippen LogP contribution < -0.4 is 20.1 Å². The summed E-state index contributed by atoms with van der Waals surface area (Å²) in [6, 6.07) is 17.2. The summed E-state index contributed by atoms with van der Waals surface area (Å²) >= 11 is 0. The molecule has 0 radical (unpaired) electrons. The van der Waals surface area contributed by atoms with Crippen LogP contribution in [0.2, 0.25) is 0 Å². The number of nitrogens with zero attached hydrogens (tertiary/aromatic N) is 3. The number of piperazine rings is 1. The molecule has 7 heteroatoms. The van der Waals surface area contributed by atoms with Crippen molar-refractivity contribution < 1.29 is 14.3 Å². The molecule has 2 aromatic rings. The first-order valence-corrected chi connectivity index (χ1v) is 9.69. The molecule has 1 N–H and O–H groups in total. The highest BCUT2D eigenvalue weighted by Gasteiger charge is 2.29. The van der Waals surface area contributed by atoms with Crippen molar-refractivity contribution in [1.29, 1.82) is 0 Å². The highest BCUT2D eigenvalue weighted by atomic mass is 16.5. The highest BCUT2D eigenvalue weighted by molar-refractivity contribution is 6.01. The number of para-hydroxylation sites is 1. The second-order valence-corrected chi connectivity index (χ2v) is 6.98. The van der Waals surface area contributed by atoms with Crippen LogP contribution in [0, 0.1) is 0 Å². The van der Waals surface area contributed by atoms with E-state index in [2.05, 4.69) is 16.4 Å². The van der Waals surface area contributed by atoms with Gasteiger partial charge in [0.25, 0.3) is 5.91 Å². The van der Waals surface area contributed by atoms with E-state index in [0.717, 1.165) is 30.2 Å². The second kappa shape index (κ2) is 8.26. The van der Waals surface area contributed by atoms with Crippen molar-refractivity contribution in [3.63, 3.8) is 0 Å². The van der Waals surface area contributed by atoms with Gasteiger partial charge in [-0.25, -0.2) is 5.01 Å². The van der Waals surface area contributed by atoms with Crippen molar-refractivity contribution in [3.05, 3.63) is 66.4 Å². The molecule has 0 saturated carbocycles. The van der Waals surface area contributed by atoms with Crippen LogP contribution in [-0.4, -0.2) is 50.0 Å². The van der Waals surface area contributed by atoms with E-state index in [1.807, 2.05) is 53.4 Å². The number of hydrogen-bond acceptors (Lipinski definition) is 5. The molecule has 0 aromatic heterocycles. The van der Waals surface area contributed by atoms with Gasteiger partial charge >= 0.3 is 0 Å². The first-order chi connectivity index (χ1) is 14.2. The molecule has 0 bridgehead atoms. The molecule has 150 valence electrons. The lowest BCUT2D eigenvalue weighted by atomic mass is 10.2. The average molecular weight is 392 g/mol. The van der Waals surface area contributed by atoms with Crippen LogP contribution in [0.5, 0.6) is 5.75 Å². The van der Waals surface area contributed by atoms with E-state index in [1.54, 1.807) is 13.2 Å². The van der Waals surface area contributed by atoms with Crippen molar-refractivity contribution in [2.24, 2.45) is 0 Å². The maximum atomic E-state index is 13.0. The van der Waals surface area contributed by atoms with Crippen molar-refractivity contribution in [1.82, 2.24) is 10.3 Å². The zero-order valence-corrected chi connectivity index (χ0v) is 16.4. The van der Waals surface area contributed by atoms with Gasteiger partial charge in [-0.2, -0.15) is 0 Å². The van der Waals surface area contributed by atoms with Gasteiger partial charge in [0.1, 0.15) is 11.4 Å². The topological polar surface area (TPSA) is 65.1 Å². The number of carbonyl (C=O) groups is 2. The van der Waals surface area contributed by atoms with E-state index >= 15 is 0 Å². The molecule has 29 heavy (non-hydrogen) atoms. The number of anilines is 2. The Bertz CT molecular complexity index is 921. The molecule has 2 heterocycles. The molecule has 1 saturated heterocycles. The normalized spacial score (nSPS) is 16.9. The quantitative estimate of drug-likeness (QED) is 0.864. The summed E-state index contributed by atoms with van der Waals surface area (Å²) in [7, 11) is 1.66. The fraction of sp³-hybridized carbons (Fsp3) is 0.273. The molecule has 2 aliphatic heterocycles. The van der Waals surface area contributed by atoms with E-state index in [9.17, 15) is 9.59 Å². The Labute approximate surface area is 170 Å². The number of rotatable bonds is 4. The summed E-state index contributed by atoms with van der Waals surface area (Å²) in [5, 5.41) is 1.44. The number of carbonyl (C=O) groups excluding carboxylic acids is 2. The number of amides is 2. The van der Waals surface area contributed by atoms with Gasteiger partial charge in [0.15, 0.2) is 0 Å². The minimum atomic E-state index is -0.0874. The van der Waals surface area contributed by atoms with Crippen LogP contribution in [0.4, 0.5) is 11.4 Å². The van der Waals surface area contributed by atoms with Gasteiger partial charge in [0, 0.05) is 44.4 Å². The lowest BCUT2D eigenvalue weighted by Crippen LogP contribution is -2.53. The summed E-state index contributed by atoms with van der Waals surface area (Å²) in [6.45, 7) is 2.73. The Morgan fingerprint density at radius 2 is 1.69 bits per heavy atom. The van der Waals surface area contributed by atoms with Crippen LogP contribution in [-0.2, 0) is 9.59 Å². The van der Waals surface area contributed by atoms with E-state index in [4.69, 9.17) is 4.74 Å². The first-order valence-electron chi connectivity index (χ1n) is 9.69. The van der Waals surface area contributed by atoms with Crippen LogP contribution in [0.15, 0.2) is 66.4 Å². The van der Waals surface area contributed by atoms with Crippen LogP contribution in [0.1, 0.15) is 6.42 Å². The zero-order valence-electron chi connectivity index (χ0n) is 16.4. The van der Waals surface area contributed by atoms with Gasteiger partial charge in [-0.1, -0.05) is 24.3 Å². The average Bonchev–Trinajstić information content (AvgIpc) is 2.79. The minimum absolute atomic E-state index is 0.0799. The highest BCUT2D eigenvalue weighted by Crippen LogP contribution is 2.23. The third-order valence-electron chi connectivity index (χ3n) is 5.19. The standard InChI is InChI=1S/C22H24N4O3/c1-29-19-9-5-8-18(16-19)24-12-14-25(15-13-24)22(28)20-10-11-21(27)26(23-20)17-6-3-2-4-7-17/h2-10,16,23H,11-15H2,1H3. The maximum Gasteiger partial charge on any atom is 0.271 e. The van der Waals surface area contributed by atoms with Crippen LogP contribution in [0.3, 0.4) is 0 Å². The molecule has 2 aliphatic rings. The minimum Gasteiger partial charge on any atom is -0.497 e. The Balaban J connectivity index is 1.40. The molecule has 0 spiro atoms. The van der Waals surface area contributed by atoms with Crippen LogP contribution >= 0.6 is 0 Å². The number of nitrogens with one attached hydrogen (secondary N) is 1. The predicted octanol–water partition coefficient (Wildman–Crippen LogP) is 2.17. The summed E-state index contributed by atoms with van der Waals surface area (Å²) in [4.78, 5) is 29.3. The van der Waals surface area contributed by atoms with Gasteiger partial charge in [0.2, 0.25) is 5.91 Å². The lowest BCUT2D eigenvalue weighted by Gasteiger charge is -2.37. The van der Waals surface area contributed by atoms with Gasteiger partial charge in [-0.3, -0.25) is 15.0 Å². The number of hydrogen-bond donors (Lipinski definition) is 1. The number of methoxy groups -OCH3 is 1. The van der Waals surface area contributed by atoms with E-state index < -0.39 is 0 Å². The van der Waals surface area contributed by atoms with Crippen molar-refractivity contribution in [2.75, 3.05) is 43.2 Å². The predicted molar refractivity (Wildman–Crippen MR) is 112 cm³/mol. The van der Waals surface area contributed by atoms with Gasteiger partial charge < -0.3 is 14.5 Å². The van der Waals surface area contributed by atoms with Gasteiger partial charge in [0.05, 0.1) is 12.8 Å². The summed E-state index contributed by atoms with van der Waals surface area (Å²) in [5.74, 6) is 0.655. The molecule has 0 atom stereocenters. The molecule has 7 nitrogen and oxygen atoms in total. The Morgan fingerprint density at radius 3 is 2.41 bits per heavy atom. The SMILES string of the molecule is COc1cccc(N2CCN(C(=O)C3=CCC(=O)N(c4ccccc4)N3)CC2)c1. The summed E-state index contributed by atoms with van der Waals surface area (Å²) in [5.41, 5.74) is 5.26. The van der Waals surface area contributed by atoms with Crippen molar-refractivity contribution in [2.45, 2.75) is 6.42 Å². The Morgan fingerprint density at radius 1 is 0.966 bits per heavy atom. The van der Waals surface area contributed by atoms with E-state index in [1.165, 1.54) is 5.01 Å². The number of hydrazine groups is 1. The molecular weight excluding hydrogens is 368 g/mol. The van der Waals surface area contributed by atoms with Crippen molar-refractivity contribution >= 4 is 23.2 Å². The maximum absolute atomic E-state index is 13.0. The molecule has 1 fully saturated rings. The van der Waals surface area contributed by atoms with E-state index in [0.29, 0.717) is 18.8 Å². The number of ether oxygens (including phenoxy) is 1. The fourth-order valence-electron chi connectivity index (χ4n) is 3.58. The molecule has 4 rings (SSSR count). The third kappa shape index (κ3) is 4.03. The van der Waals surface area contributed by atoms with Gasteiger partial charge in [-0.15, -0.1) is 0 Å². The fourth-order valence-corrected chi connectivity index (χ4v) is 3.58. The lowest BCUT2D eigenvalue weighted by molar-refractivity contribution is -0.128. The smallest absolute Gasteiger partial charge is 0.271 e. The summed E-state index contributed by atoms with van der Waals surface area (Å²) < 4.78 is 5.30. The van der Waals surface area contributed by atoms with Gasteiger partial charge in [-0.05, 0) is 30.3 Å². The number of benzene rings is 2. The van der Waals surface area contributed by atoms with E-state index in [-0.39, 0.29) is 18.2 Å².